The molecule has 0 aromatic carbocycles. The van der Waals surface area contributed by atoms with E-state index >= 15 is 0 Å². The second-order valence-corrected chi connectivity index (χ2v) is 2.87. The maximum Gasteiger partial charge on any atom is 0.241 e. The van der Waals surface area contributed by atoms with E-state index in [4.69, 9.17) is 4.74 Å². The molecule has 0 aliphatic heterocycles. The maximum absolute atomic E-state index is 5.17. The van der Waals surface area contributed by atoms with Crippen LogP contribution in [0.5, 0.6) is 5.88 Å². The number of ether oxygens (including phenoxy) is 1. The van der Waals surface area contributed by atoms with Crippen molar-refractivity contribution in [1.29, 1.82) is 0 Å². The van der Waals surface area contributed by atoms with Crippen LogP contribution in [0.3, 0.4) is 0 Å². The fourth-order valence-electron chi connectivity index (χ4n) is 1.44. The van der Waals surface area contributed by atoms with Gasteiger partial charge in [0, 0.05) is 12.7 Å². The summed E-state index contributed by atoms with van der Waals surface area (Å²) in [7, 11) is 1.60. The monoisotopic (exact) mass is 189 g/mol. The molecular formula is C10H11N3O. The molecule has 4 heteroatoms. The van der Waals surface area contributed by atoms with Gasteiger partial charge in [0.25, 0.3) is 0 Å². The lowest BCUT2D eigenvalue weighted by Crippen LogP contribution is -1.97. The Morgan fingerprint density at radius 3 is 3.14 bits per heavy atom. The molecule has 0 unspecified atom stereocenters. The predicted molar refractivity (Wildman–Crippen MR) is 54.3 cm³/mol. The lowest BCUT2D eigenvalue weighted by molar-refractivity contribution is 0.400. The van der Waals surface area contributed by atoms with Gasteiger partial charge in [-0.2, -0.15) is 4.98 Å². The van der Waals surface area contributed by atoms with Crippen LogP contribution in [0.2, 0.25) is 0 Å². The summed E-state index contributed by atoms with van der Waals surface area (Å²) in [5, 5.41) is 0. The average Bonchev–Trinajstić information content (AvgIpc) is 2.62. The van der Waals surface area contributed by atoms with Gasteiger partial charge in [-0.1, -0.05) is 6.08 Å². The predicted octanol–water partition coefficient (Wildman–Crippen LogP) is 1.63. The summed E-state index contributed by atoms with van der Waals surface area (Å²) in [4.78, 5) is 8.20. The summed E-state index contributed by atoms with van der Waals surface area (Å²) < 4.78 is 7.17. The first-order chi connectivity index (χ1) is 6.86. The molecular weight excluding hydrogens is 178 g/mol. The lowest BCUT2D eigenvalue weighted by Gasteiger charge is -2.04. The van der Waals surface area contributed by atoms with Crippen molar-refractivity contribution in [3.63, 3.8) is 0 Å². The minimum Gasteiger partial charge on any atom is -0.479 e. The zero-order valence-corrected chi connectivity index (χ0v) is 7.97. The van der Waals surface area contributed by atoms with E-state index in [2.05, 4.69) is 16.5 Å². The van der Waals surface area contributed by atoms with Gasteiger partial charge >= 0.3 is 0 Å². The highest BCUT2D eigenvalue weighted by Gasteiger charge is 2.07. The van der Waals surface area contributed by atoms with Crippen molar-refractivity contribution in [3.05, 3.63) is 31.2 Å². The van der Waals surface area contributed by atoms with Gasteiger partial charge in [0.2, 0.25) is 5.88 Å². The molecule has 0 atom stereocenters. The molecule has 2 aromatic rings. The molecule has 0 spiro atoms. The largest absolute Gasteiger partial charge is 0.479 e. The van der Waals surface area contributed by atoms with E-state index in [1.54, 1.807) is 7.11 Å². The molecule has 14 heavy (non-hydrogen) atoms. The summed E-state index contributed by atoms with van der Waals surface area (Å²) >= 11 is 0. The molecule has 0 N–H and O–H groups in total. The van der Waals surface area contributed by atoms with Crippen LogP contribution in [0, 0.1) is 0 Å². The summed E-state index contributed by atoms with van der Waals surface area (Å²) in [5.74, 6) is 0.599. The summed E-state index contributed by atoms with van der Waals surface area (Å²) in [6, 6.07) is 1.93. The Morgan fingerprint density at radius 2 is 2.43 bits per heavy atom. The molecule has 0 amide bonds. The van der Waals surface area contributed by atoms with E-state index in [0.29, 0.717) is 5.88 Å². The minimum absolute atomic E-state index is 0.599. The van der Waals surface area contributed by atoms with Crippen molar-refractivity contribution in [3.8, 4) is 5.88 Å². The molecule has 0 radical (unpaired) electrons. The van der Waals surface area contributed by atoms with Crippen molar-refractivity contribution in [2.45, 2.75) is 6.54 Å². The van der Waals surface area contributed by atoms with E-state index < -0.39 is 0 Å². The standard InChI is InChI=1S/C10H11N3O/c1-3-5-13-6-4-8-9(13)10(14-2)12-7-11-8/h3-4,6-7H,1,5H2,2H3. The maximum atomic E-state index is 5.17. The molecule has 4 nitrogen and oxygen atoms in total. The fourth-order valence-corrected chi connectivity index (χ4v) is 1.44. The van der Waals surface area contributed by atoms with Crippen LogP contribution in [0.1, 0.15) is 0 Å². The van der Waals surface area contributed by atoms with Gasteiger partial charge in [0.15, 0.2) is 0 Å². The van der Waals surface area contributed by atoms with Crippen LogP contribution in [-0.2, 0) is 6.54 Å². The van der Waals surface area contributed by atoms with Gasteiger partial charge in [-0.15, -0.1) is 6.58 Å². The van der Waals surface area contributed by atoms with Crippen molar-refractivity contribution in [1.82, 2.24) is 14.5 Å². The Kier molecular flexibility index (Phi) is 2.18. The number of hydrogen-bond acceptors (Lipinski definition) is 3. The normalized spacial score (nSPS) is 10.4. The number of methoxy groups -OCH3 is 1. The second kappa shape index (κ2) is 3.49. The molecule has 0 aliphatic carbocycles. The summed E-state index contributed by atoms with van der Waals surface area (Å²) in [6.45, 7) is 4.42. The number of hydrogen-bond donors (Lipinski definition) is 0. The SMILES string of the molecule is C=CCn1ccc2ncnc(OC)c21. The molecule has 0 bridgehead atoms. The third-order valence-corrected chi connectivity index (χ3v) is 2.04. The van der Waals surface area contributed by atoms with E-state index in [0.717, 1.165) is 17.6 Å². The molecule has 2 aromatic heterocycles. The third-order valence-electron chi connectivity index (χ3n) is 2.04. The Bertz CT molecular complexity index is 461. The molecule has 0 saturated carbocycles. The zero-order chi connectivity index (χ0) is 9.97. The average molecular weight is 189 g/mol. The first-order valence-electron chi connectivity index (χ1n) is 4.31. The van der Waals surface area contributed by atoms with Gasteiger partial charge in [-0.05, 0) is 6.07 Å². The molecule has 2 heterocycles. The molecule has 0 saturated heterocycles. The van der Waals surface area contributed by atoms with Gasteiger partial charge in [-0.3, -0.25) is 0 Å². The number of allylic oxidation sites excluding steroid dienone is 1. The highest BCUT2D eigenvalue weighted by atomic mass is 16.5. The van der Waals surface area contributed by atoms with Crippen LogP contribution in [0.25, 0.3) is 11.0 Å². The smallest absolute Gasteiger partial charge is 0.241 e. The van der Waals surface area contributed by atoms with Crippen molar-refractivity contribution >= 4 is 11.0 Å². The van der Waals surface area contributed by atoms with E-state index in [1.165, 1.54) is 6.33 Å². The van der Waals surface area contributed by atoms with Crippen LogP contribution in [-0.4, -0.2) is 21.6 Å². The number of nitrogens with zero attached hydrogens (tertiary/aromatic N) is 3. The van der Waals surface area contributed by atoms with E-state index in [-0.39, 0.29) is 0 Å². The van der Waals surface area contributed by atoms with Crippen molar-refractivity contribution in [2.75, 3.05) is 7.11 Å². The lowest BCUT2D eigenvalue weighted by atomic mass is 10.4. The fraction of sp³-hybridized carbons (Fsp3) is 0.200. The summed E-state index contributed by atoms with van der Waals surface area (Å²) in [5.41, 5.74) is 1.80. The molecule has 72 valence electrons. The Hall–Kier alpha value is -1.84. The highest BCUT2D eigenvalue weighted by molar-refractivity contribution is 5.80. The molecule has 2 rings (SSSR count). The second-order valence-electron chi connectivity index (χ2n) is 2.87. The minimum atomic E-state index is 0.599. The Balaban J connectivity index is 2.67. The third kappa shape index (κ3) is 1.25. The van der Waals surface area contributed by atoms with E-state index in [9.17, 15) is 0 Å². The Morgan fingerprint density at radius 1 is 1.57 bits per heavy atom. The quantitative estimate of drug-likeness (QED) is 0.689. The van der Waals surface area contributed by atoms with Crippen LogP contribution in [0.4, 0.5) is 0 Å². The van der Waals surface area contributed by atoms with Gasteiger partial charge < -0.3 is 9.30 Å². The highest BCUT2D eigenvalue weighted by Crippen LogP contribution is 2.21. The van der Waals surface area contributed by atoms with E-state index in [1.807, 2.05) is 22.9 Å². The van der Waals surface area contributed by atoms with Crippen molar-refractivity contribution < 1.29 is 4.74 Å². The van der Waals surface area contributed by atoms with Gasteiger partial charge in [0.1, 0.15) is 11.8 Å². The first kappa shape index (κ1) is 8.74. The number of aromatic nitrogens is 3. The number of fused-ring (bicyclic) bond motifs is 1. The molecule has 0 fully saturated rings. The zero-order valence-electron chi connectivity index (χ0n) is 7.97. The first-order valence-corrected chi connectivity index (χ1v) is 4.31. The van der Waals surface area contributed by atoms with Gasteiger partial charge in [0.05, 0.1) is 12.6 Å². The van der Waals surface area contributed by atoms with Gasteiger partial charge in [-0.25, -0.2) is 4.98 Å². The Labute approximate surface area is 81.9 Å². The van der Waals surface area contributed by atoms with Crippen LogP contribution in [0.15, 0.2) is 31.2 Å². The number of rotatable bonds is 3. The van der Waals surface area contributed by atoms with Crippen LogP contribution < -0.4 is 4.74 Å². The van der Waals surface area contributed by atoms with Crippen LogP contribution >= 0.6 is 0 Å². The molecule has 0 aliphatic rings. The topological polar surface area (TPSA) is 39.9 Å². The van der Waals surface area contributed by atoms with Crippen molar-refractivity contribution in [2.24, 2.45) is 0 Å². The summed E-state index contributed by atoms with van der Waals surface area (Å²) in [6.07, 6.45) is 5.27.